The Balaban J connectivity index is 2.10. The molecule has 1 heterocycles. The van der Waals surface area contributed by atoms with Gasteiger partial charge in [-0.1, -0.05) is 0 Å². The van der Waals surface area contributed by atoms with E-state index in [4.69, 9.17) is 14.7 Å². The Morgan fingerprint density at radius 1 is 1.56 bits per heavy atom. The number of methoxy groups -OCH3 is 1. The molecule has 0 bridgehead atoms. The molecule has 4 heteroatoms. The van der Waals surface area contributed by atoms with Gasteiger partial charge in [0.25, 0.3) is 0 Å². The maximum atomic E-state index is 8.86. The Morgan fingerprint density at radius 3 is 3.00 bits per heavy atom. The highest BCUT2D eigenvalue weighted by Gasteiger charge is 2.22. The Morgan fingerprint density at radius 2 is 2.39 bits per heavy atom. The van der Waals surface area contributed by atoms with Gasteiger partial charge in [0.05, 0.1) is 31.0 Å². The first-order chi connectivity index (χ1) is 8.74. The minimum absolute atomic E-state index is 0.328. The highest BCUT2D eigenvalue weighted by molar-refractivity contribution is 5.59. The van der Waals surface area contributed by atoms with E-state index in [2.05, 4.69) is 18.3 Å². The number of nitrogens with zero attached hydrogens (tertiary/aromatic N) is 1. The maximum Gasteiger partial charge on any atom is 0.143 e. The van der Waals surface area contributed by atoms with Gasteiger partial charge in [0.1, 0.15) is 5.75 Å². The van der Waals surface area contributed by atoms with E-state index < -0.39 is 0 Å². The third-order valence-corrected chi connectivity index (χ3v) is 3.39. The highest BCUT2D eigenvalue weighted by atomic mass is 16.5. The number of ether oxygens (including phenoxy) is 2. The van der Waals surface area contributed by atoms with E-state index in [1.807, 2.05) is 6.07 Å². The lowest BCUT2D eigenvalue weighted by Crippen LogP contribution is -2.26. The van der Waals surface area contributed by atoms with Gasteiger partial charge in [0.15, 0.2) is 0 Å². The summed E-state index contributed by atoms with van der Waals surface area (Å²) in [5, 5.41) is 12.3. The molecule has 2 atom stereocenters. The van der Waals surface area contributed by atoms with Crippen molar-refractivity contribution in [3.63, 3.8) is 0 Å². The second-order valence-electron chi connectivity index (χ2n) is 4.58. The monoisotopic (exact) mass is 246 g/mol. The zero-order valence-corrected chi connectivity index (χ0v) is 10.8. The van der Waals surface area contributed by atoms with Crippen molar-refractivity contribution in [1.29, 1.82) is 5.26 Å². The van der Waals surface area contributed by atoms with E-state index in [-0.39, 0.29) is 0 Å². The number of rotatable bonds is 4. The van der Waals surface area contributed by atoms with Gasteiger partial charge >= 0.3 is 0 Å². The zero-order valence-electron chi connectivity index (χ0n) is 10.8. The molecule has 1 aliphatic rings. The molecule has 1 saturated heterocycles. The fraction of sp³-hybridized carbons (Fsp3) is 0.500. The van der Waals surface area contributed by atoms with E-state index in [0.717, 1.165) is 25.3 Å². The molecule has 4 nitrogen and oxygen atoms in total. The van der Waals surface area contributed by atoms with Gasteiger partial charge in [0, 0.05) is 24.6 Å². The van der Waals surface area contributed by atoms with Crippen LogP contribution in [0.1, 0.15) is 18.9 Å². The van der Waals surface area contributed by atoms with Gasteiger partial charge in [-0.05, 0) is 25.5 Å². The van der Waals surface area contributed by atoms with E-state index in [1.165, 1.54) is 0 Å². The van der Waals surface area contributed by atoms with Crippen molar-refractivity contribution in [3.05, 3.63) is 23.8 Å². The Hall–Kier alpha value is -1.73. The first kappa shape index (κ1) is 12.7. The normalized spacial score (nSPS) is 20.2. The Bertz CT molecular complexity index is 448. The van der Waals surface area contributed by atoms with Gasteiger partial charge < -0.3 is 14.8 Å². The molecule has 1 N–H and O–H groups in total. The maximum absolute atomic E-state index is 8.86. The lowest BCUT2D eigenvalue weighted by atomic mass is 10.0. The molecule has 2 rings (SSSR count). The summed E-state index contributed by atoms with van der Waals surface area (Å²) in [5.41, 5.74) is 1.53. The fourth-order valence-corrected chi connectivity index (χ4v) is 2.19. The van der Waals surface area contributed by atoms with E-state index in [1.54, 1.807) is 19.2 Å². The van der Waals surface area contributed by atoms with Gasteiger partial charge in [-0.2, -0.15) is 5.26 Å². The topological polar surface area (TPSA) is 54.3 Å². The molecule has 1 aliphatic heterocycles. The van der Waals surface area contributed by atoms with Crippen LogP contribution in [-0.4, -0.2) is 26.4 Å². The quantitative estimate of drug-likeness (QED) is 0.886. The molecule has 1 aromatic carbocycles. The summed E-state index contributed by atoms with van der Waals surface area (Å²) in [6.45, 7) is 3.81. The third-order valence-electron chi connectivity index (χ3n) is 3.39. The summed E-state index contributed by atoms with van der Waals surface area (Å²) >= 11 is 0. The SMILES string of the molecule is COc1cc(C#N)ccc1NC(C)C1CCOC1. The van der Waals surface area contributed by atoms with Gasteiger partial charge in [0.2, 0.25) is 0 Å². The standard InChI is InChI=1S/C14H18N2O2/c1-10(12-5-6-18-9-12)16-13-4-3-11(8-15)7-14(13)17-2/h3-4,7,10,12,16H,5-6,9H2,1-2H3. The highest BCUT2D eigenvalue weighted by Crippen LogP contribution is 2.28. The third kappa shape index (κ3) is 2.74. The van der Waals surface area contributed by atoms with Gasteiger partial charge in [-0.15, -0.1) is 0 Å². The second-order valence-corrected chi connectivity index (χ2v) is 4.58. The first-order valence-corrected chi connectivity index (χ1v) is 6.17. The average molecular weight is 246 g/mol. The van der Waals surface area contributed by atoms with Crippen molar-refractivity contribution < 1.29 is 9.47 Å². The number of benzene rings is 1. The number of nitriles is 1. The van der Waals surface area contributed by atoms with Crippen LogP contribution in [0, 0.1) is 17.2 Å². The number of anilines is 1. The Labute approximate surface area is 108 Å². The van der Waals surface area contributed by atoms with Crippen molar-refractivity contribution in [2.24, 2.45) is 5.92 Å². The smallest absolute Gasteiger partial charge is 0.143 e. The van der Waals surface area contributed by atoms with Crippen LogP contribution in [0.5, 0.6) is 5.75 Å². The van der Waals surface area contributed by atoms with Crippen molar-refractivity contribution in [2.45, 2.75) is 19.4 Å². The summed E-state index contributed by atoms with van der Waals surface area (Å²) in [6.07, 6.45) is 1.09. The van der Waals surface area contributed by atoms with E-state index in [0.29, 0.717) is 23.3 Å². The summed E-state index contributed by atoms with van der Waals surface area (Å²) in [6, 6.07) is 7.87. The summed E-state index contributed by atoms with van der Waals surface area (Å²) < 4.78 is 10.7. The molecule has 2 unspecified atom stereocenters. The van der Waals surface area contributed by atoms with Crippen LogP contribution < -0.4 is 10.1 Å². The molecule has 1 aromatic rings. The average Bonchev–Trinajstić information content (AvgIpc) is 2.93. The van der Waals surface area contributed by atoms with Crippen molar-refractivity contribution in [3.8, 4) is 11.8 Å². The summed E-state index contributed by atoms with van der Waals surface area (Å²) in [7, 11) is 1.62. The summed E-state index contributed by atoms with van der Waals surface area (Å²) in [4.78, 5) is 0. The summed E-state index contributed by atoms with van der Waals surface area (Å²) in [5.74, 6) is 1.24. The van der Waals surface area contributed by atoms with Gasteiger partial charge in [-0.25, -0.2) is 0 Å². The molecular formula is C14H18N2O2. The van der Waals surface area contributed by atoms with Crippen LogP contribution in [0.3, 0.4) is 0 Å². The predicted molar refractivity (Wildman–Crippen MR) is 69.7 cm³/mol. The van der Waals surface area contributed by atoms with E-state index in [9.17, 15) is 0 Å². The van der Waals surface area contributed by atoms with Gasteiger partial charge in [-0.3, -0.25) is 0 Å². The number of hydrogen-bond donors (Lipinski definition) is 1. The number of nitrogens with one attached hydrogen (secondary N) is 1. The molecular weight excluding hydrogens is 228 g/mol. The molecule has 0 aromatic heterocycles. The molecule has 0 radical (unpaired) electrons. The minimum Gasteiger partial charge on any atom is -0.495 e. The van der Waals surface area contributed by atoms with Crippen LogP contribution in [0.4, 0.5) is 5.69 Å². The molecule has 0 saturated carbocycles. The van der Waals surface area contributed by atoms with Crippen molar-refractivity contribution in [1.82, 2.24) is 0 Å². The van der Waals surface area contributed by atoms with Crippen molar-refractivity contribution >= 4 is 5.69 Å². The Kier molecular flexibility index (Phi) is 4.06. The van der Waals surface area contributed by atoms with Crippen LogP contribution in [0.15, 0.2) is 18.2 Å². The van der Waals surface area contributed by atoms with Crippen molar-refractivity contribution in [2.75, 3.05) is 25.6 Å². The fourth-order valence-electron chi connectivity index (χ4n) is 2.19. The van der Waals surface area contributed by atoms with E-state index >= 15 is 0 Å². The molecule has 1 fully saturated rings. The first-order valence-electron chi connectivity index (χ1n) is 6.17. The molecule has 0 spiro atoms. The predicted octanol–water partition coefficient (Wildman–Crippen LogP) is 2.40. The lowest BCUT2D eigenvalue weighted by molar-refractivity contribution is 0.183. The zero-order chi connectivity index (χ0) is 13.0. The van der Waals surface area contributed by atoms with Crippen LogP contribution in [0.25, 0.3) is 0 Å². The molecule has 0 aliphatic carbocycles. The number of hydrogen-bond acceptors (Lipinski definition) is 4. The van der Waals surface area contributed by atoms with Crippen LogP contribution >= 0.6 is 0 Å². The van der Waals surface area contributed by atoms with Crippen LogP contribution in [-0.2, 0) is 4.74 Å². The van der Waals surface area contributed by atoms with Crippen LogP contribution in [0.2, 0.25) is 0 Å². The second kappa shape index (κ2) is 5.74. The molecule has 0 amide bonds. The minimum atomic E-state index is 0.328. The largest absolute Gasteiger partial charge is 0.495 e. The molecule has 96 valence electrons. The lowest BCUT2D eigenvalue weighted by Gasteiger charge is -2.21. The molecule has 18 heavy (non-hydrogen) atoms.